The molecule has 4 saturated heterocycles. The summed E-state index contributed by atoms with van der Waals surface area (Å²) in [6, 6.07) is 0. The van der Waals surface area contributed by atoms with E-state index in [-0.39, 0.29) is 37.1 Å². The summed E-state index contributed by atoms with van der Waals surface area (Å²) in [4.78, 5) is 36.1. The predicted molar refractivity (Wildman–Crippen MR) is 108 cm³/mol. The third kappa shape index (κ3) is 4.28. The molecule has 1 spiro atoms. The number of hydrogen-bond donors (Lipinski definition) is 3. The Balaban J connectivity index is 1.40. The quantitative estimate of drug-likeness (QED) is 0.378. The topological polar surface area (TPSA) is 133 Å². The van der Waals surface area contributed by atoms with Gasteiger partial charge in [-0.2, -0.15) is 0 Å². The van der Waals surface area contributed by atoms with E-state index in [0.717, 1.165) is 19.3 Å². The molecule has 1 amide bonds. The highest BCUT2D eigenvalue weighted by atomic mass is 17.3. The van der Waals surface area contributed by atoms with Crippen molar-refractivity contribution in [3.63, 3.8) is 0 Å². The maximum Gasteiger partial charge on any atom is 0.308 e. The molecule has 10 heteroatoms. The van der Waals surface area contributed by atoms with Crippen molar-refractivity contribution in [2.75, 3.05) is 13.2 Å². The highest BCUT2D eigenvalue weighted by molar-refractivity contribution is 5.81. The van der Waals surface area contributed by atoms with Crippen LogP contribution in [0.1, 0.15) is 59.3 Å². The number of aliphatic hydroxyl groups is 2. The first-order chi connectivity index (χ1) is 15.2. The lowest BCUT2D eigenvalue weighted by molar-refractivity contribution is -0.576. The Morgan fingerprint density at radius 3 is 2.69 bits per heavy atom. The first-order valence-corrected chi connectivity index (χ1v) is 11.6. The van der Waals surface area contributed by atoms with Crippen molar-refractivity contribution in [2.45, 2.75) is 89.4 Å². The molecule has 5 rings (SSSR count). The third-order valence-corrected chi connectivity index (χ3v) is 7.65. The zero-order chi connectivity index (χ0) is 23.1. The molecule has 3 N–H and O–H groups in total. The molecule has 4 aliphatic heterocycles. The zero-order valence-corrected chi connectivity index (χ0v) is 19.0. The summed E-state index contributed by atoms with van der Waals surface area (Å²) >= 11 is 0. The smallest absolute Gasteiger partial charge is 0.308 e. The van der Waals surface area contributed by atoms with E-state index < -0.39 is 48.6 Å². The van der Waals surface area contributed by atoms with E-state index in [1.165, 1.54) is 0 Å². The molecular formula is C22H35NO9. The van der Waals surface area contributed by atoms with Crippen molar-refractivity contribution in [1.82, 2.24) is 5.32 Å². The van der Waals surface area contributed by atoms with Gasteiger partial charge in [0, 0.05) is 31.2 Å². The molecule has 0 radical (unpaired) electrons. The highest BCUT2D eigenvalue weighted by Gasteiger charge is 2.69. The Labute approximate surface area is 187 Å². The van der Waals surface area contributed by atoms with Crippen LogP contribution in [0.4, 0.5) is 0 Å². The third-order valence-electron chi connectivity index (χ3n) is 7.65. The second kappa shape index (κ2) is 9.15. The molecule has 2 bridgehead atoms. The van der Waals surface area contributed by atoms with E-state index in [1.807, 2.05) is 13.8 Å². The molecule has 0 aromatic heterocycles. The zero-order valence-electron chi connectivity index (χ0n) is 19.0. The van der Waals surface area contributed by atoms with Crippen molar-refractivity contribution in [3.05, 3.63) is 0 Å². The van der Waals surface area contributed by atoms with Crippen LogP contribution in [0.25, 0.3) is 0 Å². The Kier molecular flexibility index (Phi) is 6.82. The second-order valence-electron chi connectivity index (χ2n) is 9.90. The molecule has 1 aliphatic carbocycles. The van der Waals surface area contributed by atoms with Crippen molar-refractivity contribution >= 4 is 11.9 Å². The van der Waals surface area contributed by atoms with Gasteiger partial charge < -0.3 is 29.7 Å². The van der Waals surface area contributed by atoms with Crippen LogP contribution in [0, 0.1) is 23.7 Å². The van der Waals surface area contributed by atoms with Crippen molar-refractivity contribution in [1.29, 1.82) is 0 Å². The molecule has 1 saturated carbocycles. The van der Waals surface area contributed by atoms with Gasteiger partial charge in [0.1, 0.15) is 0 Å². The van der Waals surface area contributed by atoms with Crippen LogP contribution in [-0.4, -0.2) is 65.3 Å². The maximum absolute atomic E-state index is 12.5. The number of esters is 1. The molecule has 32 heavy (non-hydrogen) atoms. The van der Waals surface area contributed by atoms with E-state index in [0.29, 0.717) is 12.3 Å². The monoisotopic (exact) mass is 457 g/mol. The van der Waals surface area contributed by atoms with E-state index in [1.54, 1.807) is 0 Å². The van der Waals surface area contributed by atoms with Gasteiger partial charge in [0.2, 0.25) is 18.0 Å². The SMILES string of the molecule is C[C@H]1[C@H](OC(=O)CCC(=O)NC[C@H](O)CO)O[C@@H]2O[C@@]3(C)CC[C@@H]4[C@H](C)CC[C@H]1[C@@]24OO3. The normalized spacial score (nSPS) is 43.7. The minimum atomic E-state index is -1.03. The average Bonchev–Trinajstić information content (AvgIpc) is 3.00. The van der Waals surface area contributed by atoms with Gasteiger partial charge in [-0.25, -0.2) is 9.78 Å². The molecule has 9 atom stereocenters. The highest BCUT2D eigenvalue weighted by Crippen LogP contribution is 2.60. The number of fused-ring (bicyclic) bond motifs is 2. The standard InChI is InChI=1S/C22H35NO9/c1-12-4-5-16-13(2)19(28-18(27)7-6-17(26)23-10-14(25)11-24)29-20-22(16)15(12)8-9-21(3,30-20)31-32-22/h12-16,19-20,24-25H,4-11H2,1-3H3,(H,23,26)/t12-,13-,14+,15-,16-,19-,20-,21-,22-/m1/s1. The number of nitrogens with one attached hydrogen (secondary N) is 1. The molecular weight excluding hydrogens is 422 g/mol. The molecule has 5 fully saturated rings. The molecule has 5 aliphatic rings. The van der Waals surface area contributed by atoms with Gasteiger partial charge in [-0.15, -0.1) is 0 Å². The first kappa shape index (κ1) is 23.8. The van der Waals surface area contributed by atoms with Crippen LogP contribution in [0.3, 0.4) is 0 Å². The Morgan fingerprint density at radius 1 is 1.16 bits per heavy atom. The number of ether oxygens (including phenoxy) is 3. The fourth-order valence-corrected chi connectivity index (χ4v) is 5.80. The molecule has 0 aromatic rings. The Morgan fingerprint density at radius 2 is 1.94 bits per heavy atom. The largest absolute Gasteiger partial charge is 0.435 e. The minimum absolute atomic E-state index is 0.0474. The second-order valence-corrected chi connectivity index (χ2v) is 9.90. The summed E-state index contributed by atoms with van der Waals surface area (Å²) in [5.41, 5.74) is -0.719. The van der Waals surface area contributed by atoms with E-state index in [2.05, 4.69) is 12.2 Å². The lowest BCUT2D eigenvalue weighted by atomic mass is 9.58. The first-order valence-electron chi connectivity index (χ1n) is 11.6. The summed E-state index contributed by atoms with van der Waals surface area (Å²) in [5.74, 6) is -1.26. The van der Waals surface area contributed by atoms with E-state index >= 15 is 0 Å². The molecule has 0 aromatic carbocycles. The Bertz CT molecular complexity index is 720. The fourth-order valence-electron chi connectivity index (χ4n) is 5.80. The predicted octanol–water partition coefficient (Wildman–Crippen LogP) is 0.987. The van der Waals surface area contributed by atoms with Gasteiger partial charge in [-0.05, 0) is 38.0 Å². The van der Waals surface area contributed by atoms with E-state index in [9.17, 15) is 14.7 Å². The van der Waals surface area contributed by atoms with Gasteiger partial charge in [-0.1, -0.05) is 13.8 Å². The van der Waals surface area contributed by atoms with Crippen LogP contribution in [-0.2, 0) is 33.6 Å². The summed E-state index contributed by atoms with van der Waals surface area (Å²) in [6.45, 7) is 5.55. The van der Waals surface area contributed by atoms with Gasteiger partial charge in [0.15, 0.2) is 11.9 Å². The number of amides is 1. The van der Waals surface area contributed by atoms with Crippen LogP contribution in [0.5, 0.6) is 0 Å². The number of carbonyl (C=O) groups excluding carboxylic acids is 2. The van der Waals surface area contributed by atoms with Crippen LogP contribution in [0.15, 0.2) is 0 Å². The summed E-state index contributed by atoms with van der Waals surface area (Å²) in [6.07, 6.45) is 0.842. The maximum atomic E-state index is 12.5. The van der Waals surface area contributed by atoms with Gasteiger partial charge in [0.25, 0.3) is 0 Å². The minimum Gasteiger partial charge on any atom is -0.435 e. The van der Waals surface area contributed by atoms with Crippen molar-refractivity contribution in [2.24, 2.45) is 23.7 Å². The molecule has 4 heterocycles. The number of aliphatic hydroxyl groups excluding tert-OH is 2. The van der Waals surface area contributed by atoms with Crippen LogP contribution in [0.2, 0.25) is 0 Å². The molecule has 182 valence electrons. The number of hydrogen-bond acceptors (Lipinski definition) is 9. The fraction of sp³-hybridized carbons (Fsp3) is 0.909. The molecule has 10 nitrogen and oxygen atoms in total. The lowest BCUT2D eigenvalue weighted by Gasteiger charge is -2.59. The van der Waals surface area contributed by atoms with Gasteiger partial charge in [-0.3, -0.25) is 9.59 Å². The van der Waals surface area contributed by atoms with Gasteiger partial charge in [0.05, 0.1) is 19.1 Å². The van der Waals surface area contributed by atoms with Crippen molar-refractivity contribution < 1.29 is 43.8 Å². The number of carbonyl (C=O) groups is 2. The van der Waals surface area contributed by atoms with E-state index in [4.69, 9.17) is 29.1 Å². The van der Waals surface area contributed by atoms with Crippen molar-refractivity contribution in [3.8, 4) is 0 Å². The lowest BCUT2D eigenvalue weighted by Crippen LogP contribution is -2.70. The Hall–Kier alpha value is -1.30. The number of rotatable bonds is 7. The van der Waals surface area contributed by atoms with Crippen LogP contribution < -0.4 is 5.32 Å². The van der Waals surface area contributed by atoms with Gasteiger partial charge >= 0.3 is 5.97 Å². The molecule has 0 unspecified atom stereocenters. The van der Waals surface area contributed by atoms with Crippen LogP contribution >= 0.6 is 0 Å². The summed E-state index contributed by atoms with van der Waals surface area (Å²) in [7, 11) is 0. The average molecular weight is 458 g/mol. The summed E-state index contributed by atoms with van der Waals surface area (Å²) < 4.78 is 18.1. The summed E-state index contributed by atoms with van der Waals surface area (Å²) in [5, 5.41) is 20.5.